The van der Waals surface area contributed by atoms with Gasteiger partial charge in [0, 0.05) is 25.1 Å². The number of carbonyl (C=O) groups excluding carboxylic acids is 1. The van der Waals surface area contributed by atoms with Crippen molar-refractivity contribution in [1.29, 1.82) is 5.26 Å². The highest BCUT2D eigenvalue weighted by atomic mass is 16.5. The molecule has 158 valence electrons. The number of benzene rings is 1. The lowest BCUT2D eigenvalue weighted by Gasteiger charge is -2.53. The Bertz CT molecular complexity index is 794. The van der Waals surface area contributed by atoms with Crippen molar-refractivity contribution in [2.45, 2.75) is 84.0 Å². The lowest BCUT2D eigenvalue weighted by Crippen LogP contribution is -2.58. The average Bonchev–Trinajstić information content (AvgIpc) is 3.08. The molecule has 3 rings (SSSR count). The van der Waals surface area contributed by atoms with Gasteiger partial charge < -0.3 is 14.4 Å². The minimum atomic E-state index is -0.525. The van der Waals surface area contributed by atoms with Crippen LogP contribution in [0, 0.1) is 17.2 Å². The van der Waals surface area contributed by atoms with Gasteiger partial charge in [0.05, 0.1) is 29.2 Å². The molecule has 29 heavy (non-hydrogen) atoms. The van der Waals surface area contributed by atoms with Crippen molar-refractivity contribution >= 4 is 5.91 Å². The lowest BCUT2D eigenvalue weighted by molar-refractivity contribution is -0.162. The molecule has 5 heteroatoms. The molecule has 0 aromatic heterocycles. The molecule has 0 aliphatic carbocycles. The van der Waals surface area contributed by atoms with Crippen molar-refractivity contribution in [1.82, 2.24) is 4.90 Å². The molecule has 1 fully saturated rings. The van der Waals surface area contributed by atoms with E-state index in [9.17, 15) is 10.1 Å². The van der Waals surface area contributed by atoms with Crippen LogP contribution in [0.15, 0.2) is 18.2 Å². The molecule has 0 N–H and O–H groups in total. The van der Waals surface area contributed by atoms with Crippen LogP contribution in [-0.4, -0.2) is 35.2 Å². The number of likely N-dealkylation sites (tertiary alicyclic amines) is 1. The van der Waals surface area contributed by atoms with Crippen molar-refractivity contribution in [3.05, 3.63) is 29.3 Å². The Hall–Kier alpha value is -2.06. The van der Waals surface area contributed by atoms with Gasteiger partial charge >= 0.3 is 0 Å². The first-order valence-corrected chi connectivity index (χ1v) is 10.9. The zero-order chi connectivity index (χ0) is 21.2. The highest BCUT2D eigenvalue weighted by Gasteiger charge is 2.54. The molecule has 2 aliphatic heterocycles. The summed E-state index contributed by atoms with van der Waals surface area (Å²) in [4.78, 5) is 14.8. The highest BCUT2D eigenvalue weighted by molar-refractivity contribution is 5.79. The Labute approximate surface area is 175 Å². The average molecular weight is 399 g/mol. The van der Waals surface area contributed by atoms with E-state index in [0.717, 1.165) is 43.5 Å². The van der Waals surface area contributed by atoms with Crippen LogP contribution in [0.3, 0.4) is 0 Å². The Morgan fingerprint density at radius 3 is 2.72 bits per heavy atom. The van der Waals surface area contributed by atoms with Crippen LogP contribution >= 0.6 is 0 Å². The molecular formula is C24H34N2O3. The molecule has 2 atom stereocenters. The number of carbonyl (C=O) groups is 1. The van der Waals surface area contributed by atoms with E-state index in [4.69, 9.17) is 9.47 Å². The molecule has 2 heterocycles. The molecule has 1 amide bonds. The van der Waals surface area contributed by atoms with Gasteiger partial charge in [-0.1, -0.05) is 19.8 Å². The van der Waals surface area contributed by atoms with Gasteiger partial charge in [-0.15, -0.1) is 0 Å². The minimum Gasteiger partial charge on any atom is -0.487 e. The van der Waals surface area contributed by atoms with Gasteiger partial charge in [0.25, 0.3) is 0 Å². The fourth-order valence-corrected chi connectivity index (χ4v) is 5.15. The van der Waals surface area contributed by atoms with Crippen LogP contribution in [0.25, 0.3) is 0 Å². The Morgan fingerprint density at radius 1 is 1.34 bits per heavy atom. The fourth-order valence-electron chi connectivity index (χ4n) is 5.15. The van der Waals surface area contributed by atoms with E-state index < -0.39 is 11.2 Å². The van der Waals surface area contributed by atoms with Crippen molar-refractivity contribution in [2.75, 3.05) is 13.2 Å². The fraction of sp³-hybridized carbons (Fsp3) is 0.667. The third-order valence-electron chi connectivity index (χ3n) is 6.31. The van der Waals surface area contributed by atoms with Crippen molar-refractivity contribution in [3.8, 4) is 11.8 Å². The zero-order valence-electron chi connectivity index (χ0n) is 18.5. The summed E-state index contributed by atoms with van der Waals surface area (Å²) in [5.41, 5.74) is 0.492. The molecule has 0 spiro atoms. The second-order valence-electron chi connectivity index (χ2n) is 9.34. The van der Waals surface area contributed by atoms with Crippen LogP contribution in [0.5, 0.6) is 5.75 Å². The van der Waals surface area contributed by atoms with Crippen molar-refractivity contribution < 1.29 is 14.3 Å². The molecule has 2 aliphatic rings. The number of rotatable bonds is 7. The van der Waals surface area contributed by atoms with E-state index in [1.54, 1.807) is 6.07 Å². The molecular weight excluding hydrogens is 364 g/mol. The number of amides is 1. The maximum atomic E-state index is 12.8. The zero-order valence-corrected chi connectivity index (χ0v) is 18.5. The number of hydrogen-bond acceptors (Lipinski definition) is 4. The predicted molar refractivity (Wildman–Crippen MR) is 113 cm³/mol. The summed E-state index contributed by atoms with van der Waals surface area (Å²) in [5, 5.41) is 9.44. The quantitative estimate of drug-likeness (QED) is 0.607. The number of nitrogens with zero attached hydrogens (tertiary/aromatic N) is 2. The summed E-state index contributed by atoms with van der Waals surface area (Å²) in [5.74, 6) is 0.865. The van der Waals surface area contributed by atoms with Gasteiger partial charge in [-0.2, -0.15) is 5.26 Å². The summed E-state index contributed by atoms with van der Waals surface area (Å²) >= 11 is 0. The van der Waals surface area contributed by atoms with Gasteiger partial charge in [0.15, 0.2) is 0 Å². The smallest absolute Gasteiger partial charge is 0.223 e. The normalized spacial score (nSPS) is 23.4. The van der Waals surface area contributed by atoms with Crippen LogP contribution in [0.2, 0.25) is 0 Å². The summed E-state index contributed by atoms with van der Waals surface area (Å²) in [7, 11) is 0. The Kier molecular flexibility index (Phi) is 6.24. The van der Waals surface area contributed by atoms with E-state index in [1.165, 1.54) is 0 Å². The molecule has 1 aromatic rings. The van der Waals surface area contributed by atoms with Crippen LogP contribution in [0.4, 0.5) is 0 Å². The van der Waals surface area contributed by atoms with Gasteiger partial charge in [0.1, 0.15) is 11.4 Å². The van der Waals surface area contributed by atoms with Crippen LogP contribution in [-0.2, 0) is 9.53 Å². The van der Waals surface area contributed by atoms with Crippen molar-refractivity contribution in [2.24, 2.45) is 5.92 Å². The highest BCUT2D eigenvalue weighted by Crippen LogP contribution is 2.52. The number of ether oxygens (including phenoxy) is 2. The van der Waals surface area contributed by atoms with E-state index in [-0.39, 0.29) is 17.9 Å². The predicted octanol–water partition coefficient (Wildman–Crippen LogP) is 4.99. The van der Waals surface area contributed by atoms with E-state index in [2.05, 4.69) is 40.7 Å². The summed E-state index contributed by atoms with van der Waals surface area (Å²) in [6.45, 7) is 12.0. The third kappa shape index (κ3) is 4.28. The number of fused-ring (bicyclic) bond motifs is 1. The first kappa shape index (κ1) is 21.6. The Morgan fingerprint density at radius 2 is 2.10 bits per heavy atom. The number of nitriles is 1. The second kappa shape index (κ2) is 8.36. The van der Waals surface area contributed by atoms with E-state index >= 15 is 0 Å². The number of unbranched alkanes of at least 4 members (excludes halogenated alkanes) is 2. The molecule has 0 unspecified atom stereocenters. The van der Waals surface area contributed by atoms with Crippen LogP contribution in [0.1, 0.15) is 83.9 Å². The van der Waals surface area contributed by atoms with E-state index in [1.807, 2.05) is 17.0 Å². The van der Waals surface area contributed by atoms with Gasteiger partial charge in [0.2, 0.25) is 5.91 Å². The van der Waals surface area contributed by atoms with Crippen molar-refractivity contribution in [3.63, 3.8) is 0 Å². The molecule has 0 saturated carbocycles. The third-order valence-corrected chi connectivity index (χ3v) is 6.31. The first-order chi connectivity index (χ1) is 13.7. The molecule has 1 aromatic carbocycles. The molecule has 5 nitrogen and oxygen atoms in total. The first-order valence-electron chi connectivity index (χ1n) is 10.9. The maximum absolute atomic E-state index is 12.8. The summed E-state index contributed by atoms with van der Waals surface area (Å²) < 4.78 is 12.9. The SMILES string of the molecule is CCCCCOC(C)(C)[C@@H]1[C@@H](N2CCCC2=O)c2cc(C#N)ccc2OC1(C)C. The number of hydrogen-bond donors (Lipinski definition) is 0. The molecule has 0 bridgehead atoms. The largest absolute Gasteiger partial charge is 0.487 e. The maximum Gasteiger partial charge on any atom is 0.223 e. The topological polar surface area (TPSA) is 62.6 Å². The van der Waals surface area contributed by atoms with E-state index in [0.29, 0.717) is 18.6 Å². The van der Waals surface area contributed by atoms with Gasteiger partial charge in [-0.3, -0.25) is 4.79 Å². The summed E-state index contributed by atoms with van der Waals surface area (Å²) in [6, 6.07) is 7.61. The minimum absolute atomic E-state index is 0.0693. The standard InChI is InChI=1S/C24H34N2O3/c1-6-7-8-14-28-23(2,3)22-21(26-13-9-10-20(26)27)18-15-17(16-25)11-12-19(18)29-24(22,4)5/h11-12,15,21-22H,6-10,13-14H2,1-5H3/t21-,22-/m0/s1. The lowest BCUT2D eigenvalue weighted by atomic mass is 9.69. The van der Waals surface area contributed by atoms with Gasteiger partial charge in [-0.25, -0.2) is 0 Å². The Balaban J connectivity index is 2.05. The summed E-state index contributed by atoms with van der Waals surface area (Å²) in [6.07, 6.45) is 4.76. The molecule has 1 saturated heterocycles. The molecule has 0 radical (unpaired) electrons. The van der Waals surface area contributed by atoms with Crippen LogP contribution < -0.4 is 4.74 Å². The second-order valence-corrected chi connectivity index (χ2v) is 9.34. The monoisotopic (exact) mass is 398 g/mol. The van der Waals surface area contributed by atoms with Gasteiger partial charge in [-0.05, 0) is 58.7 Å².